The molecule has 2 unspecified atom stereocenters. The Hall–Kier alpha value is -0.810. The third kappa shape index (κ3) is 6.53. The molecule has 0 spiro atoms. The van der Waals surface area contributed by atoms with Gasteiger partial charge in [-0.05, 0) is 46.5 Å². The average molecular weight is 314 g/mol. The van der Waals surface area contributed by atoms with E-state index in [1.807, 2.05) is 25.7 Å². The number of hydrogen-bond acceptors (Lipinski definition) is 4. The van der Waals surface area contributed by atoms with E-state index in [0.29, 0.717) is 6.04 Å². The predicted molar refractivity (Wildman–Crippen MR) is 88.9 cm³/mol. The van der Waals surface area contributed by atoms with Gasteiger partial charge in [-0.25, -0.2) is 4.79 Å². The Labute approximate surface area is 135 Å². The highest BCUT2D eigenvalue weighted by Crippen LogP contribution is 2.20. The van der Waals surface area contributed by atoms with Gasteiger partial charge in [0.05, 0.1) is 0 Å². The number of amides is 1. The maximum Gasteiger partial charge on any atom is 0.410 e. The predicted octanol–water partition coefficient (Wildman–Crippen LogP) is 2.77. The van der Waals surface area contributed by atoms with Crippen molar-refractivity contribution in [3.05, 3.63) is 0 Å². The minimum Gasteiger partial charge on any atom is -0.444 e. The van der Waals surface area contributed by atoms with Crippen LogP contribution in [0.1, 0.15) is 60.3 Å². The average Bonchev–Trinajstić information content (AvgIpc) is 2.68. The number of aliphatic hydroxyl groups is 1. The van der Waals surface area contributed by atoms with Crippen LogP contribution in [-0.4, -0.2) is 54.0 Å². The molecular weight excluding hydrogens is 280 g/mol. The van der Waals surface area contributed by atoms with Gasteiger partial charge in [-0.3, -0.25) is 0 Å². The van der Waals surface area contributed by atoms with Crippen molar-refractivity contribution in [1.82, 2.24) is 10.2 Å². The molecule has 1 aliphatic rings. The summed E-state index contributed by atoms with van der Waals surface area (Å²) in [6.45, 7) is 12.4. The molecule has 2 atom stereocenters. The van der Waals surface area contributed by atoms with Crippen molar-refractivity contribution >= 4 is 6.09 Å². The fourth-order valence-corrected chi connectivity index (χ4v) is 2.49. The van der Waals surface area contributed by atoms with Gasteiger partial charge in [0.25, 0.3) is 0 Å². The van der Waals surface area contributed by atoms with E-state index in [9.17, 15) is 9.90 Å². The Morgan fingerprint density at radius 2 is 1.95 bits per heavy atom. The van der Waals surface area contributed by atoms with Crippen molar-refractivity contribution in [2.75, 3.05) is 26.2 Å². The second kappa shape index (κ2) is 8.16. The van der Waals surface area contributed by atoms with Crippen molar-refractivity contribution < 1.29 is 14.6 Å². The van der Waals surface area contributed by atoms with Crippen molar-refractivity contribution in [2.45, 2.75) is 71.9 Å². The molecule has 1 heterocycles. The lowest BCUT2D eigenvalue weighted by molar-refractivity contribution is 0.0255. The molecule has 1 saturated heterocycles. The molecule has 1 amide bonds. The lowest BCUT2D eigenvalue weighted by atomic mass is 9.88. The molecular formula is C17H34N2O3. The van der Waals surface area contributed by atoms with E-state index in [2.05, 4.69) is 19.2 Å². The van der Waals surface area contributed by atoms with Crippen LogP contribution in [0.15, 0.2) is 0 Å². The molecule has 0 radical (unpaired) electrons. The summed E-state index contributed by atoms with van der Waals surface area (Å²) >= 11 is 0. The van der Waals surface area contributed by atoms with Crippen LogP contribution in [0.2, 0.25) is 0 Å². The second-order valence-electron chi connectivity index (χ2n) is 7.80. The van der Waals surface area contributed by atoms with E-state index in [1.54, 1.807) is 0 Å². The summed E-state index contributed by atoms with van der Waals surface area (Å²) in [7, 11) is 0. The van der Waals surface area contributed by atoms with Crippen molar-refractivity contribution in [3.63, 3.8) is 0 Å². The summed E-state index contributed by atoms with van der Waals surface area (Å²) in [4.78, 5) is 14.0. The van der Waals surface area contributed by atoms with E-state index < -0.39 is 5.60 Å². The molecule has 0 aromatic heterocycles. The number of carbonyl (C=O) groups excluding carboxylic acids is 1. The molecule has 2 N–H and O–H groups in total. The van der Waals surface area contributed by atoms with Gasteiger partial charge in [-0.15, -0.1) is 0 Å². The Bertz CT molecular complexity index is 348. The van der Waals surface area contributed by atoms with Gasteiger partial charge in [0.1, 0.15) is 5.60 Å². The molecule has 0 saturated carbocycles. The lowest BCUT2D eigenvalue weighted by Gasteiger charge is -2.29. The third-order valence-electron chi connectivity index (χ3n) is 4.43. The molecule has 0 aliphatic carbocycles. The number of aliphatic hydroxyl groups excluding tert-OH is 1. The summed E-state index contributed by atoms with van der Waals surface area (Å²) < 4.78 is 5.45. The molecule has 1 aliphatic heterocycles. The number of rotatable bonds is 5. The number of nitrogens with one attached hydrogen (secondary N) is 1. The number of likely N-dealkylation sites (tertiary alicyclic amines) is 1. The van der Waals surface area contributed by atoms with Crippen molar-refractivity contribution in [1.29, 1.82) is 0 Å². The largest absolute Gasteiger partial charge is 0.444 e. The van der Waals surface area contributed by atoms with Crippen LogP contribution in [0.5, 0.6) is 0 Å². The van der Waals surface area contributed by atoms with Crippen molar-refractivity contribution in [3.8, 4) is 0 Å². The first kappa shape index (κ1) is 19.2. The zero-order valence-corrected chi connectivity index (χ0v) is 14.9. The molecule has 5 heteroatoms. The Kier molecular flexibility index (Phi) is 7.13. The number of ether oxygens (including phenoxy) is 1. The van der Waals surface area contributed by atoms with Gasteiger partial charge in [0, 0.05) is 37.7 Å². The zero-order chi connectivity index (χ0) is 16.8. The summed E-state index contributed by atoms with van der Waals surface area (Å²) in [6, 6.07) is 0.407. The van der Waals surface area contributed by atoms with Crippen LogP contribution in [0.3, 0.4) is 0 Å². The number of hydrogen-bond donors (Lipinski definition) is 2. The first-order valence-electron chi connectivity index (χ1n) is 8.51. The fraction of sp³-hybridized carbons (Fsp3) is 0.941. The summed E-state index contributed by atoms with van der Waals surface area (Å²) in [5, 5.41) is 13.1. The highest BCUT2D eigenvalue weighted by atomic mass is 16.6. The van der Waals surface area contributed by atoms with Gasteiger partial charge in [-0.2, -0.15) is 0 Å². The monoisotopic (exact) mass is 314 g/mol. The molecule has 130 valence electrons. The van der Waals surface area contributed by atoms with Crippen LogP contribution in [0.4, 0.5) is 4.79 Å². The van der Waals surface area contributed by atoms with Gasteiger partial charge in [0.2, 0.25) is 0 Å². The van der Waals surface area contributed by atoms with Gasteiger partial charge >= 0.3 is 6.09 Å². The van der Waals surface area contributed by atoms with E-state index in [-0.39, 0.29) is 18.1 Å². The molecule has 5 nitrogen and oxygen atoms in total. The highest BCUT2D eigenvalue weighted by molar-refractivity contribution is 5.68. The van der Waals surface area contributed by atoms with Crippen LogP contribution in [0.25, 0.3) is 0 Å². The maximum atomic E-state index is 12.1. The van der Waals surface area contributed by atoms with Crippen LogP contribution in [0, 0.1) is 5.41 Å². The number of nitrogens with zero attached hydrogens (tertiary/aromatic N) is 1. The lowest BCUT2D eigenvalue weighted by Crippen LogP contribution is -2.41. The Morgan fingerprint density at radius 3 is 2.50 bits per heavy atom. The summed E-state index contributed by atoms with van der Waals surface area (Å²) in [5.41, 5.74) is -0.498. The first-order chi connectivity index (χ1) is 10.2. The van der Waals surface area contributed by atoms with Crippen LogP contribution >= 0.6 is 0 Å². The van der Waals surface area contributed by atoms with E-state index in [4.69, 9.17) is 4.74 Å². The normalized spacial score (nSPS) is 22.8. The Morgan fingerprint density at radius 1 is 1.27 bits per heavy atom. The molecule has 22 heavy (non-hydrogen) atoms. The van der Waals surface area contributed by atoms with E-state index in [1.165, 1.54) is 0 Å². The van der Waals surface area contributed by atoms with Crippen molar-refractivity contribution in [2.24, 2.45) is 5.41 Å². The van der Waals surface area contributed by atoms with Crippen LogP contribution < -0.4 is 5.32 Å². The van der Waals surface area contributed by atoms with E-state index >= 15 is 0 Å². The minimum atomic E-state index is -0.439. The smallest absolute Gasteiger partial charge is 0.410 e. The first-order valence-corrected chi connectivity index (χ1v) is 8.51. The zero-order valence-electron chi connectivity index (χ0n) is 14.9. The maximum absolute atomic E-state index is 12.1. The minimum absolute atomic E-state index is 0.0584. The standard InChI is InChI=1S/C17H34N2O3/c1-6-17(5,13-20)12-18-14-8-7-10-19(11-9-14)15(21)22-16(2,3)4/h14,18,20H,6-13H2,1-5H3. The molecule has 0 aromatic rings. The fourth-order valence-electron chi connectivity index (χ4n) is 2.49. The molecule has 1 fully saturated rings. The highest BCUT2D eigenvalue weighted by Gasteiger charge is 2.27. The number of carbonyl (C=O) groups is 1. The topological polar surface area (TPSA) is 61.8 Å². The third-order valence-corrected chi connectivity index (χ3v) is 4.43. The summed E-state index contributed by atoms with van der Waals surface area (Å²) in [5.74, 6) is 0. The van der Waals surface area contributed by atoms with E-state index in [0.717, 1.165) is 45.3 Å². The van der Waals surface area contributed by atoms with Crippen LogP contribution in [-0.2, 0) is 4.74 Å². The Balaban J connectivity index is 2.44. The second-order valence-corrected chi connectivity index (χ2v) is 7.80. The van der Waals surface area contributed by atoms with Gasteiger partial charge in [0.15, 0.2) is 0 Å². The molecule has 0 bridgehead atoms. The van der Waals surface area contributed by atoms with Gasteiger partial charge < -0.3 is 20.1 Å². The quantitative estimate of drug-likeness (QED) is 0.819. The molecule has 0 aromatic carbocycles. The molecule has 1 rings (SSSR count). The summed E-state index contributed by atoms with van der Waals surface area (Å²) in [6.07, 6.45) is 3.73. The SMILES string of the molecule is CCC(C)(CO)CNC1CCCN(C(=O)OC(C)(C)C)CC1. The van der Waals surface area contributed by atoms with Gasteiger partial charge in [-0.1, -0.05) is 13.8 Å².